The SMILES string of the molecule is O=C(Nc1ccc(OC(F)(F)F)cc1)N[C@H]1CC(=O)N(c2ccc3c(c2)OCCO3)C1. The molecule has 1 fully saturated rings. The van der Waals surface area contributed by atoms with Crippen LogP contribution in [-0.4, -0.2) is 44.1 Å². The Morgan fingerprint density at radius 1 is 1.06 bits per heavy atom. The third kappa shape index (κ3) is 5.11. The first kappa shape index (κ1) is 20.6. The quantitative estimate of drug-likeness (QED) is 0.767. The molecule has 2 N–H and O–H groups in total. The maximum Gasteiger partial charge on any atom is 0.573 e. The van der Waals surface area contributed by atoms with Gasteiger partial charge >= 0.3 is 12.4 Å². The number of ether oxygens (including phenoxy) is 3. The van der Waals surface area contributed by atoms with Crippen molar-refractivity contribution in [3.05, 3.63) is 42.5 Å². The van der Waals surface area contributed by atoms with Gasteiger partial charge in [0, 0.05) is 30.4 Å². The van der Waals surface area contributed by atoms with E-state index in [9.17, 15) is 22.8 Å². The molecule has 0 bridgehead atoms. The van der Waals surface area contributed by atoms with E-state index in [4.69, 9.17) is 9.47 Å². The predicted molar refractivity (Wildman–Crippen MR) is 103 cm³/mol. The van der Waals surface area contributed by atoms with Gasteiger partial charge in [-0.15, -0.1) is 13.2 Å². The van der Waals surface area contributed by atoms with Gasteiger partial charge in [-0.1, -0.05) is 0 Å². The lowest BCUT2D eigenvalue weighted by atomic mass is 10.2. The predicted octanol–water partition coefficient (Wildman–Crippen LogP) is 3.28. The maximum absolute atomic E-state index is 12.4. The largest absolute Gasteiger partial charge is 0.573 e. The fourth-order valence-electron chi connectivity index (χ4n) is 3.35. The number of urea groups is 1. The van der Waals surface area contributed by atoms with Crippen molar-refractivity contribution in [2.75, 3.05) is 30.0 Å². The molecule has 8 nitrogen and oxygen atoms in total. The molecular formula is C20H18F3N3O5. The van der Waals surface area contributed by atoms with Crippen LogP contribution in [0.5, 0.6) is 17.2 Å². The first-order valence-corrected chi connectivity index (χ1v) is 9.40. The molecule has 31 heavy (non-hydrogen) atoms. The van der Waals surface area contributed by atoms with Crippen LogP contribution in [0, 0.1) is 0 Å². The minimum absolute atomic E-state index is 0.111. The molecular weight excluding hydrogens is 419 g/mol. The number of hydrogen-bond acceptors (Lipinski definition) is 5. The van der Waals surface area contributed by atoms with Gasteiger partial charge in [0.2, 0.25) is 5.91 Å². The lowest BCUT2D eigenvalue weighted by Crippen LogP contribution is -2.39. The molecule has 4 rings (SSSR count). The zero-order valence-electron chi connectivity index (χ0n) is 16.1. The van der Waals surface area contributed by atoms with Crippen LogP contribution in [0.15, 0.2) is 42.5 Å². The summed E-state index contributed by atoms with van der Waals surface area (Å²) in [6.45, 7) is 1.16. The van der Waals surface area contributed by atoms with Crippen molar-refractivity contribution in [2.45, 2.75) is 18.8 Å². The van der Waals surface area contributed by atoms with Crippen LogP contribution >= 0.6 is 0 Å². The number of hydrogen-bond donors (Lipinski definition) is 2. The Labute approximate surface area is 174 Å². The molecule has 2 aromatic carbocycles. The van der Waals surface area contributed by atoms with Gasteiger partial charge in [-0.05, 0) is 36.4 Å². The highest BCUT2D eigenvalue weighted by atomic mass is 19.4. The molecule has 0 aliphatic carbocycles. The molecule has 3 amide bonds. The van der Waals surface area contributed by atoms with E-state index in [1.807, 2.05) is 0 Å². The Kier molecular flexibility index (Phi) is 5.49. The first-order valence-electron chi connectivity index (χ1n) is 9.40. The van der Waals surface area contributed by atoms with E-state index in [1.54, 1.807) is 23.1 Å². The van der Waals surface area contributed by atoms with E-state index in [2.05, 4.69) is 15.4 Å². The average molecular weight is 437 g/mol. The van der Waals surface area contributed by atoms with E-state index >= 15 is 0 Å². The second-order valence-electron chi connectivity index (χ2n) is 6.90. The van der Waals surface area contributed by atoms with Crippen molar-refractivity contribution in [3.8, 4) is 17.2 Å². The molecule has 0 radical (unpaired) electrons. The normalized spacial score (nSPS) is 18.0. The second kappa shape index (κ2) is 8.25. The number of carbonyl (C=O) groups is 2. The molecule has 2 aliphatic heterocycles. The Morgan fingerprint density at radius 2 is 1.77 bits per heavy atom. The fraction of sp³-hybridized carbons (Fsp3) is 0.300. The fourth-order valence-corrected chi connectivity index (χ4v) is 3.35. The highest BCUT2D eigenvalue weighted by Gasteiger charge is 2.33. The topological polar surface area (TPSA) is 89.1 Å². The van der Waals surface area contributed by atoms with Crippen LogP contribution in [0.1, 0.15) is 6.42 Å². The van der Waals surface area contributed by atoms with Gasteiger partial charge in [0.05, 0.1) is 6.04 Å². The lowest BCUT2D eigenvalue weighted by Gasteiger charge is -2.22. The lowest BCUT2D eigenvalue weighted by molar-refractivity contribution is -0.274. The van der Waals surface area contributed by atoms with Crippen molar-refractivity contribution in [3.63, 3.8) is 0 Å². The number of nitrogens with one attached hydrogen (secondary N) is 2. The van der Waals surface area contributed by atoms with Crippen LogP contribution in [-0.2, 0) is 4.79 Å². The molecule has 1 saturated heterocycles. The summed E-state index contributed by atoms with van der Waals surface area (Å²) < 4.78 is 51.4. The summed E-state index contributed by atoms with van der Waals surface area (Å²) in [5.41, 5.74) is 0.916. The number of amides is 3. The summed E-state index contributed by atoms with van der Waals surface area (Å²) in [5, 5.41) is 5.21. The van der Waals surface area contributed by atoms with Gasteiger partial charge in [-0.2, -0.15) is 0 Å². The number of benzene rings is 2. The van der Waals surface area contributed by atoms with Gasteiger partial charge in [0.25, 0.3) is 0 Å². The molecule has 1 atom stereocenters. The molecule has 0 spiro atoms. The number of rotatable bonds is 4. The molecule has 2 aromatic rings. The van der Waals surface area contributed by atoms with Gasteiger partial charge in [0.1, 0.15) is 19.0 Å². The summed E-state index contributed by atoms with van der Waals surface area (Å²) in [6, 6.07) is 8.93. The number of fused-ring (bicyclic) bond motifs is 1. The van der Waals surface area contributed by atoms with Crippen LogP contribution in [0.3, 0.4) is 0 Å². The molecule has 2 aliphatic rings. The van der Waals surface area contributed by atoms with E-state index in [1.165, 1.54) is 12.1 Å². The molecule has 2 heterocycles. The Morgan fingerprint density at radius 3 is 2.48 bits per heavy atom. The first-order chi connectivity index (χ1) is 14.8. The van der Waals surface area contributed by atoms with E-state index in [0.717, 1.165) is 12.1 Å². The smallest absolute Gasteiger partial charge is 0.486 e. The van der Waals surface area contributed by atoms with Crippen LogP contribution in [0.2, 0.25) is 0 Å². The van der Waals surface area contributed by atoms with Gasteiger partial charge in [-0.3, -0.25) is 4.79 Å². The molecule has 11 heteroatoms. The number of carbonyl (C=O) groups excluding carboxylic acids is 2. The summed E-state index contributed by atoms with van der Waals surface area (Å²) in [6.07, 6.45) is -4.68. The second-order valence-corrected chi connectivity index (χ2v) is 6.90. The van der Waals surface area contributed by atoms with Gasteiger partial charge < -0.3 is 29.7 Å². The number of anilines is 2. The standard InChI is InChI=1S/C20H18F3N3O5/c21-20(22,23)31-15-4-1-12(2-5-15)24-19(28)25-13-9-18(27)26(11-13)14-3-6-16-17(10-14)30-8-7-29-16/h1-6,10,13H,7-9,11H2,(H2,24,25,28)/t13-/m0/s1. The third-order valence-corrected chi connectivity index (χ3v) is 4.64. The van der Waals surface area contributed by atoms with E-state index in [-0.39, 0.29) is 24.6 Å². The number of alkyl halides is 3. The third-order valence-electron chi connectivity index (χ3n) is 4.64. The molecule has 164 valence electrons. The Hall–Kier alpha value is -3.63. The maximum atomic E-state index is 12.4. The molecule has 0 aromatic heterocycles. The zero-order chi connectivity index (χ0) is 22.0. The van der Waals surface area contributed by atoms with Crippen molar-refractivity contribution >= 4 is 23.3 Å². The van der Waals surface area contributed by atoms with Crippen molar-refractivity contribution in [1.29, 1.82) is 0 Å². The Balaban J connectivity index is 1.33. The average Bonchev–Trinajstić information content (AvgIpc) is 3.08. The van der Waals surface area contributed by atoms with Crippen molar-refractivity contribution < 1.29 is 37.0 Å². The van der Waals surface area contributed by atoms with E-state index in [0.29, 0.717) is 30.4 Å². The van der Waals surface area contributed by atoms with Crippen LogP contribution in [0.25, 0.3) is 0 Å². The number of halogens is 3. The highest BCUT2D eigenvalue weighted by Crippen LogP contribution is 2.35. The monoisotopic (exact) mass is 437 g/mol. The molecule has 0 saturated carbocycles. The minimum atomic E-state index is -4.79. The summed E-state index contributed by atoms with van der Waals surface area (Å²) in [5.74, 6) is 0.622. The highest BCUT2D eigenvalue weighted by molar-refractivity contribution is 5.98. The summed E-state index contributed by atoms with van der Waals surface area (Å²) in [4.78, 5) is 26.2. The van der Waals surface area contributed by atoms with Gasteiger partial charge in [0.15, 0.2) is 11.5 Å². The summed E-state index contributed by atoms with van der Waals surface area (Å²) in [7, 11) is 0. The van der Waals surface area contributed by atoms with Crippen LogP contribution < -0.4 is 29.7 Å². The van der Waals surface area contributed by atoms with Crippen molar-refractivity contribution in [2.24, 2.45) is 0 Å². The molecule has 0 unspecified atom stereocenters. The zero-order valence-corrected chi connectivity index (χ0v) is 16.1. The number of nitrogens with zero attached hydrogens (tertiary/aromatic N) is 1. The van der Waals surface area contributed by atoms with Crippen molar-refractivity contribution in [1.82, 2.24) is 5.32 Å². The summed E-state index contributed by atoms with van der Waals surface area (Å²) >= 11 is 0. The van der Waals surface area contributed by atoms with Gasteiger partial charge in [-0.25, -0.2) is 4.79 Å². The minimum Gasteiger partial charge on any atom is -0.486 e. The van der Waals surface area contributed by atoms with E-state index < -0.39 is 24.2 Å². The Bertz CT molecular complexity index is 981. The van der Waals surface area contributed by atoms with Crippen LogP contribution in [0.4, 0.5) is 29.3 Å².